The number of quaternary nitrogens is 1. The maximum atomic E-state index is 12.6. The number of hydrogen-bond acceptors (Lipinski definition) is 3. The van der Waals surface area contributed by atoms with E-state index in [1.54, 1.807) is 0 Å². The number of amides is 2. The third-order valence-corrected chi connectivity index (χ3v) is 6.60. The molecule has 0 fully saturated rings. The molecular weight excluding hydrogens is 346 g/mol. The van der Waals surface area contributed by atoms with Crippen molar-refractivity contribution >= 4 is 28.2 Å². The number of fused-ring (bicyclic) bond motifs is 2. The lowest BCUT2D eigenvalue weighted by molar-refractivity contribution is -0.907. The van der Waals surface area contributed by atoms with Gasteiger partial charge in [-0.25, -0.2) is 0 Å². The van der Waals surface area contributed by atoms with Gasteiger partial charge in [0.15, 0.2) is 6.54 Å². The highest BCUT2D eigenvalue weighted by molar-refractivity contribution is 7.17. The Hall–Kier alpha value is -2.18. The summed E-state index contributed by atoms with van der Waals surface area (Å²) in [7, 11) is 0. The third-order valence-electron chi connectivity index (χ3n) is 5.39. The van der Waals surface area contributed by atoms with Gasteiger partial charge < -0.3 is 16.0 Å². The molecule has 2 amide bonds. The number of aryl methyl sites for hydroxylation is 1. The highest BCUT2D eigenvalue weighted by Gasteiger charge is 2.26. The molecule has 2 heterocycles. The summed E-state index contributed by atoms with van der Waals surface area (Å²) in [6, 6.07) is 8.43. The van der Waals surface area contributed by atoms with Crippen LogP contribution in [0, 0.1) is 0 Å². The average molecular weight is 370 g/mol. The van der Waals surface area contributed by atoms with E-state index in [1.165, 1.54) is 32.2 Å². The molecule has 0 saturated heterocycles. The predicted molar refractivity (Wildman–Crippen MR) is 103 cm³/mol. The van der Waals surface area contributed by atoms with Crippen LogP contribution in [0.5, 0.6) is 0 Å². The standard InChI is InChI=1S/C20H23N3O2S/c21-19(25)18-15-7-3-4-8-16(15)26-20(18)22-17(24)12-23-10-9-13-5-1-2-6-14(13)11-23/h1-2,5-6H,3-4,7-12H2,(H2,21,25)(H,22,24)/p+1. The van der Waals surface area contributed by atoms with Crippen LogP contribution in [0.25, 0.3) is 0 Å². The first-order valence-corrected chi connectivity index (χ1v) is 10.1. The van der Waals surface area contributed by atoms with Gasteiger partial charge in [0.05, 0.1) is 12.1 Å². The highest BCUT2D eigenvalue weighted by atomic mass is 32.1. The zero-order valence-corrected chi connectivity index (χ0v) is 15.6. The molecule has 0 saturated carbocycles. The van der Waals surface area contributed by atoms with Crippen LogP contribution in [0.1, 0.15) is 44.8 Å². The molecule has 5 nitrogen and oxygen atoms in total. The molecule has 1 unspecified atom stereocenters. The summed E-state index contributed by atoms with van der Waals surface area (Å²) in [5.41, 5.74) is 9.92. The summed E-state index contributed by atoms with van der Waals surface area (Å²) in [5.74, 6) is -0.473. The Labute approximate surface area is 157 Å². The maximum Gasteiger partial charge on any atom is 0.280 e. The molecule has 1 aromatic heterocycles. The monoisotopic (exact) mass is 370 g/mol. The Bertz CT molecular complexity index is 859. The number of carbonyl (C=O) groups is 2. The van der Waals surface area contributed by atoms with Gasteiger partial charge >= 0.3 is 0 Å². The molecule has 0 bridgehead atoms. The molecule has 136 valence electrons. The molecule has 1 aromatic carbocycles. The Kier molecular flexibility index (Phi) is 4.78. The van der Waals surface area contributed by atoms with E-state index in [4.69, 9.17) is 5.73 Å². The van der Waals surface area contributed by atoms with Crippen LogP contribution in [0.15, 0.2) is 24.3 Å². The zero-order chi connectivity index (χ0) is 18.1. The molecule has 0 spiro atoms. The second-order valence-corrected chi connectivity index (χ2v) is 8.30. The Morgan fingerprint density at radius 1 is 1.12 bits per heavy atom. The molecule has 4 rings (SSSR count). The van der Waals surface area contributed by atoms with Gasteiger partial charge in [-0.05, 0) is 36.8 Å². The van der Waals surface area contributed by atoms with E-state index < -0.39 is 5.91 Å². The molecule has 1 aliphatic heterocycles. The van der Waals surface area contributed by atoms with Crippen LogP contribution < -0.4 is 16.0 Å². The van der Waals surface area contributed by atoms with E-state index in [2.05, 4.69) is 29.6 Å². The topological polar surface area (TPSA) is 76.6 Å². The number of hydrogen-bond donors (Lipinski definition) is 3. The second-order valence-electron chi connectivity index (χ2n) is 7.20. The lowest BCUT2D eigenvalue weighted by Gasteiger charge is -2.25. The second kappa shape index (κ2) is 7.21. The summed E-state index contributed by atoms with van der Waals surface area (Å²) >= 11 is 1.53. The fraction of sp³-hybridized carbons (Fsp3) is 0.400. The van der Waals surface area contributed by atoms with Gasteiger partial charge in [0.2, 0.25) is 0 Å². The summed E-state index contributed by atoms with van der Waals surface area (Å²) in [6.45, 7) is 2.23. The minimum absolute atomic E-state index is 0.0412. The fourth-order valence-corrected chi connectivity index (χ4v) is 5.42. The van der Waals surface area contributed by atoms with Gasteiger partial charge in [0.1, 0.15) is 11.5 Å². The van der Waals surface area contributed by atoms with Gasteiger partial charge in [-0.3, -0.25) is 9.59 Å². The van der Waals surface area contributed by atoms with Crippen molar-refractivity contribution in [3.8, 4) is 0 Å². The van der Waals surface area contributed by atoms with Crippen molar-refractivity contribution < 1.29 is 14.5 Å². The van der Waals surface area contributed by atoms with E-state index >= 15 is 0 Å². The molecule has 2 aromatic rings. The van der Waals surface area contributed by atoms with E-state index in [1.807, 2.05) is 0 Å². The highest BCUT2D eigenvalue weighted by Crippen LogP contribution is 2.37. The fourth-order valence-electron chi connectivity index (χ4n) is 4.11. The number of rotatable bonds is 4. The molecule has 0 radical (unpaired) electrons. The number of anilines is 1. The first-order chi connectivity index (χ1) is 12.6. The van der Waals surface area contributed by atoms with E-state index in [0.717, 1.165) is 50.8 Å². The van der Waals surface area contributed by atoms with Crippen molar-refractivity contribution in [1.82, 2.24) is 0 Å². The first kappa shape index (κ1) is 17.2. The van der Waals surface area contributed by atoms with Crippen LogP contribution in [0.3, 0.4) is 0 Å². The number of thiophene rings is 1. The zero-order valence-electron chi connectivity index (χ0n) is 14.8. The average Bonchev–Trinajstić information content (AvgIpc) is 2.99. The quantitative estimate of drug-likeness (QED) is 0.759. The van der Waals surface area contributed by atoms with Crippen molar-refractivity contribution in [3.63, 3.8) is 0 Å². The Morgan fingerprint density at radius 2 is 1.88 bits per heavy atom. The van der Waals surface area contributed by atoms with E-state index in [9.17, 15) is 9.59 Å². The molecule has 1 atom stereocenters. The molecule has 26 heavy (non-hydrogen) atoms. The molecule has 6 heteroatoms. The summed E-state index contributed by atoms with van der Waals surface area (Å²) in [5, 5.41) is 3.62. The number of nitrogens with one attached hydrogen (secondary N) is 2. The minimum Gasteiger partial charge on any atom is -0.365 e. The lowest BCUT2D eigenvalue weighted by Crippen LogP contribution is -3.12. The van der Waals surface area contributed by atoms with Gasteiger partial charge in [-0.15, -0.1) is 11.3 Å². The van der Waals surface area contributed by atoms with E-state index in [-0.39, 0.29) is 5.91 Å². The maximum absolute atomic E-state index is 12.6. The summed E-state index contributed by atoms with van der Waals surface area (Å²) < 4.78 is 0. The number of primary amides is 1. The van der Waals surface area contributed by atoms with Gasteiger partial charge in [0.25, 0.3) is 11.8 Å². The first-order valence-electron chi connectivity index (χ1n) is 9.26. The van der Waals surface area contributed by atoms with Gasteiger partial charge in [-0.2, -0.15) is 0 Å². The molecule has 2 aliphatic rings. The number of carbonyl (C=O) groups excluding carboxylic acids is 2. The Balaban J connectivity index is 1.46. The SMILES string of the molecule is NC(=O)c1c(NC(=O)C[NH+]2CCc3ccccc3C2)sc2c1CCCC2. The number of nitrogens with two attached hydrogens (primary N) is 1. The van der Waals surface area contributed by atoms with Crippen LogP contribution in [-0.4, -0.2) is 24.9 Å². The molecule has 4 N–H and O–H groups in total. The summed E-state index contributed by atoms with van der Waals surface area (Å²) in [4.78, 5) is 27.0. The molecular formula is C20H24N3O2S+. The minimum atomic E-state index is -0.432. The predicted octanol–water partition coefficient (Wildman–Crippen LogP) is 1.31. The van der Waals surface area contributed by atoms with Crippen molar-refractivity contribution in [1.29, 1.82) is 0 Å². The van der Waals surface area contributed by atoms with Crippen LogP contribution in [0.2, 0.25) is 0 Å². The summed E-state index contributed by atoms with van der Waals surface area (Å²) in [6.07, 6.45) is 5.07. The Morgan fingerprint density at radius 3 is 2.69 bits per heavy atom. The normalized spacial score (nSPS) is 18.7. The van der Waals surface area contributed by atoms with Crippen molar-refractivity contribution in [2.45, 2.75) is 38.6 Å². The smallest absolute Gasteiger partial charge is 0.280 e. The largest absolute Gasteiger partial charge is 0.365 e. The van der Waals surface area contributed by atoms with Crippen LogP contribution >= 0.6 is 11.3 Å². The lowest BCUT2D eigenvalue weighted by atomic mass is 9.95. The van der Waals surface area contributed by atoms with E-state index in [0.29, 0.717) is 17.1 Å². The van der Waals surface area contributed by atoms with Crippen molar-refractivity contribution in [3.05, 3.63) is 51.4 Å². The van der Waals surface area contributed by atoms with Crippen molar-refractivity contribution in [2.24, 2.45) is 5.73 Å². The van der Waals surface area contributed by atoms with Crippen LogP contribution in [0.4, 0.5) is 5.00 Å². The molecule has 1 aliphatic carbocycles. The van der Waals surface area contributed by atoms with Crippen LogP contribution in [-0.2, 0) is 30.6 Å². The van der Waals surface area contributed by atoms with Crippen molar-refractivity contribution in [2.75, 3.05) is 18.4 Å². The van der Waals surface area contributed by atoms with Gasteiger partial charge in [-0.1, -0.05) is 24.3 Å². The third kappa shape index (κ3) is 3.39. The van der Waals surface area contributed by atoms with Gasteiger partial charge in [0, 0.05) is 16.9 Å². The number of benzene rings is 1.